The van der Waals surface area contributed by atoms with Gasteiger partial charge in [-0.25, -0.2) is 0 Å². The molecule has 0 aliphatic carbocycles. The molecule has 6 heteroatoms. The third-order valence-corrected chi connectivity index (χ3v) is 6.39. The fourth-order valence-electron chi connectivity index (χ4n) is 3.52. The molecule has 0 unspecified atom stereocenters. The predicted molar refractivity (Wildman–Crippen MR) is 138 cm³/mol. The highest BCUT2D eigenvalue weighted by molar-refractivity contribution is 6.35. The van der Waals surface area contributed by atoms with E-state index < -0.39 is 6.04 Å². The summed E-state index contributed by atoms with van der Waals surface area (Å²) in [5.74, 6) is -0.240. The van der Waals surface area contributed by atoms with E-state index in [1.165, 1.54) is 5.56 Å². The summed E-state index contributed by atoms with van der Waals surface area (Å²) in [4.78, 5) is 27.6. The number of nitrogens with one attached hydrogen (secondary N) is 1. The van der Waals surface area contributed by atoms with Crippen LogP contribution in [0.5, 0.6) is 0 Å². The first-order chi connectivity index (χ1) is 15.5. The molecule has 33 heavy (non-hydrogen) atoms. The van der Waals surface area contributed by atoms with Gasteiger partial charge in [0, 0.05) is 29.6 Å². The zero-order chi connectivity index (χ0) is 24.6. The van der Waals surface area contributed by atoms with Crippen LogP contribution in [0.15, 0.2) is 42.5 Å². The van der Waals surface area contributed by atoms with Crippen LogP contribution in [-0.4, -0.2) is 29.3 Å². The van der Waals surface area contributed by atoms with Crippen LogP contribution in [0.25, 0.3) is 0 Å². The third-order valence-electron chi connectivity index (χ3n) is 5.80. The summed E-state index contributed by atoms with van der Waals surface area (Å²) in [5.41, 5.74) is 3.20. The van der Waals surface area contributed by atoms with E-state index >= 15 is 0 Å². The molecule has 0 aromatic heterocycles. The molecule has 0 spiro atoms. The Morgan fingerprint density at radius 3 is 2.30 bits per heavy atom. The zero-order valence-corrected chi connectivity index (χ0v) is 21.9. The summed E-state index contributed by atoms with van der Waals surface area (Å²) in [6.07, 6.45) is 2.82. The molecule has 0 fully saturated rings. The van der Waals surface area contributed by atoms with Gasteiger partial charge in [0.2, 0.25) is 11.8 Å². The smallest absolute Gasteiger partial charge is 0.242 e. The second-order valence-electron chi connectivity index (χ2n) is 9.52. The summed E-state index contributed by atoms with van der Waals surface area (Å²) < 4.78 is 0. The lowest BCUT2D eigenvalue weighted by Crippen LogP contribution is -2.47. The lowest BCUT2D eigenvalue weighted by molar-refractivity contribution is -0.140. The molecule has 180 valence electrons. The quantitative estimate of drug-likeness (QED) is 0.383. The maximum atomic E-state index is 13.3. The maximum Gasteiger partial charge on any atom is 0.242 e. The van der Waals surface area contributed by atoms with Crippen molar-refractivity contribution < 1.29 is 9.59 Å². The van der Waals surface area contributed by atoms with Crippen LogP contribution >= 0.6 is 23.2 Å². The van der Waals surface area contributed by atoms with Gasteiger partial charge in [-0.3, -0.25) is 9.59 Å². The minimum absolute atomic E-state index is 0.0842. The van der Waals surface area contributed by atoms with E-state index in [1.807, 2.05) is 0 Å². The number of aryl methyl sites for hydroxylation is 1. The summed E-state index contributed by atoms with van der Waals surface area (Å²) >= 11 is 12.4. The molecule has 1 atom stereocenters. The maximum absolute atomic E-state index is 13.3. The average Bonchev–Trinajstić information content (AvgIpc) is 2.76. The normalized spacial score (nSPS) is 12.3. The van der Waals surface area contributed by atoms with Gasteiger partial charge in [0.25, 0.3) is 0 Å². The SMILES string of the molecule is CCCCNC(=O)[C@H](C)N(Cc1ccc(Cl)cc1Cl)C(=O)CCc1ccc(C(C)(C)C)cc1. The van der Waals surface area contributed by atoms with Crippen LogP contribution in [0.3, 0.4) is 0 Å². The van der Waals surface area contributed by atoms with E-state index in [0.717, 1.165) is 24.0 Å². The van der Waals surface area contributed by atoms with Gasteiger partial charge in [-0.1, -0.05) is 87.6 Å². The number of benzene rings is 2. The fourth-order valence-corrected chi connectivity index (χ4v) is 3.99. The molecule has 0 heterocycles. The first-order valence-electron chi connectivity index (χ1n) is 11.6. The minimum Gasteiger partial charge on any atom is -0.354 e. The van der Waals surface area contributed by atoms with Crippen molar-refractivity contribution in [2.45, 2.75) is 78.3 Å². The lowest BCUT2D eigenvalue weighted by atomic mass is 9.86. The third kappa shape index (κ3) is 8.35. The van der Waals surface area contributed by atoms with Crippen LogP contribution < -0.4 is 5.32 Å². The van der Waals surface area contributed by atoms with Crippen molar-refractivity contribution >= 4 is 35.0 Å². The first-order valence-corrected chi connectivity index (χ1v) is 12.4. The average molecular weight is 492 g/mol. The number of halogens is 2. The fraction of sp³-hybridized carbons (Fsp3) is 0.481. The molecule has 0 bridgehead atoms. The van der Waals surface area contributed by atoms with Gasteiger partial charge in [0.1, 0.15) is 6.04 Å². The number of nitrogens with zero attached hydrogens (tertiary/aromatic N) is 1. The Morgan fingerprint density at radius 2 is 1.73 bits per heavy atom. The van der Waals surface area contributed by atoms with Gasteiger partial charge in [-0.15, -0.1) is 0 Å². The Labute approximate surface area is 208 Å². The summed E-state index contributed by atoms with van der Waals surface area (Å²) in [5, 5.41) is 3.95. The Morgan fingerprint density at radius 1 is 1.06 bits per heavy atom. The van der Waals surface area contributed by atoms with E-state index in [-0.39, 0.29) is 23.8 Å². The summed E-state index contributed by atoms with van der Waals surface area (Å²) in [6, 6.07) is 13.0. The van der Waals surface area contributed by atoms with Crippen LogP contribution in [0.2, 0.25) is 10.0 Å². The molecular formula is C27H36Cl2N2O2. The van der Waals surface area contributed by atoms with E-state index in [1.54, 1.807) is 30.0 Å². The molecule has 0 radical (unpaired) electrons. The number of hydrogen-bond acceptors (Lipinski definition) is 2. The van der Waals surface area contributed by atoms with Crippen LogP contribution in [-0.2, 0) is 28.0 Å². The molecule has 1 N–H and O–H groups in total. The van der Waals surface area contributed by atoms with E-state index in [2.05, 4.69) is 57.3 Å². The monoisotopic (exact) mass is 490 g/mol. The number of hydrogen-bond donors (Lipinski definition) is 1. The number of carbonyl (C=O) groups is 2. The standard InChI is InChI=1S/C27H36Cl2N2O2/c1-6-7-16-30-26(33)19(2)31(18-21-11-14-23(28)17-24(21)29)25(32)15-10-20-8-12-22(13-9-20)27(3,4)5/h8-9,11-14,17,19H,6-7,10,15-16,18H2,1-5H3,(H,30,33)/t19-/m0/s1. The minimum atomic E-state index is -0.607. The molecular weight excluding hydrogens is 455 g/mol. The second kappa shape index (κ2) is 12.4. The van der Waals surface area contributed by atoms with Gasteiger partial charge in [-0.2, -0.15) is 0 Å². The Balaban J connectivity index is 2.15. The Kier molecular flexibility index (Phi) is 10.2. The van der Waals surface area contributed by atoms with E-state index in [0.29, 0.717) is 29.4 Å². The van der Waals surface area contributed by atoms with Gasteiger partial charge >= 0.3 is 0 Å². The van der Waals surface area contributed by atoms with Gasteiger partial charge in [-0.05, 0) is 54.0 Å². The topological polar surface area (TPSA) is 49.4 Å². The van der Waals surface area contributed by atoms with Gasteiger partial charge < -0.3 is 10.2 Å². The number of carbonyl (C=O) groups excluding carboxylic acids is 2. The zero-order valence-electron chi connectivity index (χ0n) is 20.4. The number of amides is 2. The highest BCUT2D eigenvalue weighted by Gasteiger charge is 2.26. The Hall–Kier alpha value is -2.04. The van der Waals surface area contributed by atoms with Crippen LogP contribution in [0.4, 0.5) is 0 Å². The summed E-state index contributed by atoms with van der Waals surface area (Å²) in [7, 11) is 0. The van der Waals surface area contributed by atoms with Crippen molar-refractivity contribution in [1.82, 2.24) is 10.2 Å². The highest BCUT2D eigenvalue weighted by Crippen LogP contribution is 2.25. The molecule has 2 aromatic rings. The Bertz CT molecular complexity index is 936. The van der Waals surface area contributed by atoms with E-state index in [4.69, 9.17) is 23.2 Å². The van der Waals surface area contributed by atoms with Crippen molar-refractivity contribution in [3.63, 3.8) is 0 Å². The van der Waals surface area contributed by atoms with E-state index in [9.17, 15) is 9.59 Å². The van der Waals surface area contributed by atoms with Crippen LogP contribution in [0.1, 0.15) is 70.6 Å². The lowest BCUT2D eigenvalue weighted by Gasteiger charge is -2.29. The van der Waals surface area contributed by atoms with Crippen LogP contribution in [0, 0.1) is 0 Å². The number of unbranched alkanes of at least 4 members (excludes halogenated alkanes) is 1. The van der Waals surface area contributed by atoms with Crippen molar-refractivity contribution in [3.8, 4) is 0 Å². The molecule has 0 aliphatic heterocycles. The molecule has 2 aromatic carbocycles. The summed E-state index contributed by atoms with van der Waals surface area (Å²) in [6.45, 7) is 11.2. The molecule has 0 saturated carbocycles. The number of rotatable bonds is 10. The van der Waals surface area contributed by atoms with Crippen molar-refractivity contribution in [2.75, 3.05) is 6.54 Å². The molecule has 2 rings (SSSR count). The second-order valence-corrected chi connectivity index (χ2v) is 10.4. The van der Waals surface area contributed by atoms with Crippen molar-refractivity contribution in [3.05, 3.63) is 69.2 Å². The van der Waals surface area contributed by atoms with Gasteiger partial charge in [0.05, 0.1) is 0 Å². The van der Waals surface area contributed by atoms with Crippen molar-refractivity contribution in [1.29, 1.82) is 0 Å². The molecule has 4 nitrogen and oxygen atoms in total. The predicted octanol–water partition coefficient (Wildman–Crippen LogP) is 6.56. The van der Waals surface area contributed by atoms with Gasteiger partial charge in [0.15, 0.2) is 0 Å². The molecule has 0 aliphatic rings. The molecule has 0 saturated heterocycles. The first kappa shape index (κ1) is 27.2. The highest BCUT2D eigenvalue weighted by atomic mass is 35.5. The largest absolute Gasteiger partial charge is 0.354 e. The molecule has 2 amide bonds. The van der Waals surface area contributed by atoms with Crippen molar-refractivity contribution in [2.24, 2.45) is 0 Å².